The third kappa shape index (κ3) is 1.89. The molecular weight excluding hydrogens is 196 g/mol. The number of benzene rings is 1. The molecule has 1 aromatic rings. The average Bonchev–Trinajstić information content (AvgIpc) is 2.29. The minimum atomic E-state index is 0.314. The molecule has 1 aliphatic rings. The Kier molecular flexibility index (Phi) is 2.61. The molecule has 0 atom stereocenters. The number of aryl methyl sites for hydroxylation is 1. The number of nitrogens with zero attached hydrogens (tertiary/aromatic N) is 1. The summed E-state index contributed by atoms with van der Waals surface area (Å²) >= 11 is 0. The van der Waals surface area contributed by atoms with E-state index in [0.29, 0.717) is 5.41 Å². The molecule has 0 bridgehead atoms. The van der Waals surface area contributed by atoms with Gasteiger partial charge in [-0.15, -0.1) is 0 Å². The third-order valence-corrected chi connectivity index (χ3v) is 3.53. The smallest absolute Gasteiger partial charge is 0.0610 e. The maximum atomic E-state index is 3.61. The van der Waals surface area contributed by atoms with Gasteiger partial charge in [-0.05, 0) is 36.5 Å². The quantitative estimate of drug-likeness (QED) is 0.719. The minimum Gasteiger partial charge on any atom is -0.383 e. The van der Waals surface area contributed by atoms with E-state index in [1.807, 2.05) is 0 Å². The maximum absolute atomic E-state index is 3.61. The zero-order valence-electron chi connectivity index (χ0n) is 11.0. The molecule has 0 saturated heterocycles. The van der Waals surface area contributed by atoms with E-state index in [-0.39, 0.29) is 0 Å². The number of fused-ring (bicyclic) bond motifs is 1. The van der Waals surface area contributed by atoms with Crippen LogP contribution in [0.3, 0.4) is 0 Å². The molecule has 16 heavy (non-hydrogen) atoms. The Hall–Kier alpha value is -1.18. The molecule has 88 valence electrons. The van der Waals surface area contributed by atoms with Gasteiger partial charge in [0, 0.05) is 20.1 Å². The number of rotatable bonds is 0. The number of hydrogen-bond acceptors (Lipinski definition) is 2. The summed E-state index contributed by atoms with van der Waals surface area (Å²) in [6, 6.07) is 4.44. The predicted octanol–water partition coefficient (Wildman–Crippen LogP) is 3.19. The van der Waals surface area contributed by atoms with Crippen LogP contribution in [0.4, 0.5) is 11.4 Å². The summed E-state index contributed by atoms with van der Waals surface area (Å²) in [5.74, 6) is 0. The topological polar surface area (TPSA) is 15.3 Å². The van der Waals surface area contributed by atoms with Crippen LogP contribution in [-0.4, -0.2) is 20.1 Å². The Morgan fingerprint density at radius 1 is 1.25 bits per heavy atom. The zero-order chi connectivity index (χ0) is 11.9. The first-order valence-corrected chi connectivity index (χ1v) is 5.96. The van der Waals surface area contributed by atoms with Gasteiger partial charge in [0.05, 0.1) is 11.4 Å². The first-order chi connectivity index (χ1) is 7.41. The molecule has 0 amide bonds. The van der Waals surface area contributed by atoms with E-state index in [9.17, 15) is 0 Å². The molecule has 0 unspecified atom stereocenters. The van der Waals surface area contributed by atoms with Crippen LogP contribution in [0.25, 0.3) is 0 Å². The van der Waals surface area contributed by atoms with E-state index >= 15 is 0 Å². The molecule has 1 heterocycles. The fourth-order valence-corrected chi connectivity index (χ4v) is 2.45. The van der Waals surface area contributed by atoms with E-state index in [4.69, 9.17) is 0 Å². The van der Waals surface area contributed by atoms with E-state index in [1.165, 1.54) is 22.5 Å². The predicted molar refractivity (Wildman–Crippen MR) is 71.5 cm³/mol. The lowest BCUT2D eigenvalue weighted by molar-refractivity contribution is 0.403. The fourth-order valence-electron chi connectivity index (χ4n) is 2.45. The van der Waals surface area contributed by atoms with E-state index < -0.39 is 0 Å². The number of hydrogen-bond donors (Lipinski definition) is 1. The Morgan fingerprint density at radius 3 is 2.62 bits per heavy atom. The number of nitrogens with one attached hydrogen (secondary N) is 1. The van der Waals surface area contributed by atoms with Gasteiger partial charge in [0.15, 0.2) is 0 Å². The average molecular weight is 218 g/mol. The van der Waals surface area contributed by atoms with Crippen molar-refractivity contribution in [2.24, 2.45) is 5.41 Å². The SMILES string of the molecule is Cc1ccc2c(c1C)NCC(C)(C)CN2C. The molecule has 0 spiro atoms. The highest BCUT2D eigenvalue weighted by atomic mass is 15.1. The van der Waals surface area contributed by atoms with Crippen molar-refractivity contribution < 1.29 is 0 Å². The molecule has 2 heteroatoms. The van der Waals surface area contributed by atoms with Crippen LogP contribution in [0.15, 0.2) is 12.1 Å². The van der Waals surface area contributed by atoms with Gasteiger partial charge < -0.3 is 10.2 Å². The summed E-state index contributed by atoms with van der Waals surface area (Å²) in [4.78, 5) is 2.36. The van der Waals surface area contributed by atoms with Gasteiger partial charge in [0.2, 0.25) is 0 Å². The molecule has 2 rings (SSSR count). The monoisotopic (exact) mass is 218 g/mol. The molecule has 0 saturated carbocycles. The minimum absolute atomic E-state index is 0.314. The standard InChI is InChI=1S/C14H22N2/c1-10-6-7-12-13(11(10)2)15-8-14(3,4)9-16(12)5/h6-7,15H,8-9H2,1-5H3. The Bertz CT molecular complexity index is 407. The first-order valence-electron chi connectivity index (χ1n) is 5.96. The van der Waals surface area contributed by atoms with Crippen molar-refractivity contribution in [1.82, 2.24) is 0 Å². The fraction of sp³-hybridized carbons (Fsp3) is 0.571. The normalized spacial score (nSPS) is 18.7. The van der Waals surface area contributed by atoms with E-state index in [2.05, 4.69) is 57.1 Å². The Labute approximate surface area is 98.7 Å². The van der Waals surface area contributed by atoms with Crippen LogP contribution in [0.5, 0.6) is 0 Å². The highest BCUT2D eigenvalue weighted by Crippen LogP contribution is 2.35. The summed E-state index contributed by atoms with van der Waals surface area (Å²) < 4.78 is 0. The molecule has 1 aromatic carbocycles. The summed E-state index contributed by atoms with van der Waals surface area (Å²) in [6.45, 7) is 11.1. The van der Waals surface area contributed by atoms with Crippen LogP contribution >= 0.6 is 0 Å². The van der Waals surface area contributed by atoms with Crippen molar-refractivity contribution in [3.05, 3.63) is 23.3 Å². The zero-order valence-corrected chi connectivity index (χ0v) is 11.0. The molecule has 0 aromatic heterocycles. The number of anilines is 2. The third-order valence-electron chi connectivity index (χ3n) is 3.53. The van der Waals surface area contributed by atoms with Gasteiger partial charge in [-0.3, -0.25) is 0 Å². The van der Waals surface area contributed by atoms with Crippen LogP contribution in [0.2, 0.25) is 0 Å². The van der Waals surface area contributed by atoms with Crippen LogP contribution in [-0.2, 0) is 0 Å². The summed E-state index contributed by atoms with van der Waals surface area (Å²) in [6.07, 6.45) is 0. The van der Waals surface area contributed by atoms with Crippen LogP contribution < -0.4 is 10.2 Å². The molecule has 1 aliphatic heterocycles. The lowest BCUT2D eigenvalue weighted by atomic mass is 9.93. The second kappa shape index (κ2) is 3.69. The van der Waals surface area contributed by atoms with Crippen molar-refractivity contribution in [2.75, 3.05) is 30.4 Å². The molecule has 2 nitrogen and oxygen atoms in total. The van der Waals surface area contributed by atoms with Gasteiger partial charge in [-0.1, -0.05) is 19.9 Å². The lowest BCUT2D eigenvalue weighted by Crippen LogP contribution is -2.33. The van der Waals surface area contributed by atoms with Crippen molar-refractivity contribution in [3.8, 4) is 0 Å². The molecule has 1 N–H and O–H groups in total. The highest BCUT2D eigenvalue weighted by Gasteiger charge is 2.26. The van der Waals surface area contributed by atoms with E-state index in [0.717, 1.165) is 13.1 Å². The molecule has 0 fully saturated rings. The van der Waals surface area contributed by atoms with Crippen molar-refractivity contribution in [2.45, 2.75) is 27.7 Å². The Morgan fingerprint density at radius 2 is 1.94 bits per heavy atom. The maximum Gasteiger partial charge on any atom is 0.0610 e. The van der Waals surface area contributed by atoms with Crippen molar-refractivity contribution in [1.29, 1.82) is 0 Å². The lowest BCUT2D eigenvalue weighted by Gasteiger charge is -2.27. The van der Waals surface area contributed by atoms with Gasteiger partial charge >= 0.3 is 0 Å². The van der Waals surface area contributed by atoms with Crippen molar-refractivity contribution >= 4 is 11.4 Å². The highest BCUT2D eigenvalue weighted by molar-refractivity contribution is 5.75. The van der Waals surface area contributed by atoms with Crippen molar-refractivity contribution in [3.63, 3.8) is 0 Å². The molecule has 0 radical (unpaired) electrons. The summed E-state index contributed by atoms with van der Waals surface area (Å²) in [5, 5.41) is 3.61. The summed E-state index contributed by atoms with van der Waals surface area (Å²) in [5.41, 5.74) is 5.69. The van der Waals surface area contributed by atoms with Gasteiger partial charge in [-0.25, -0.2) is 0 Å². The molecular formula is C14H22N2. The van der Waals surface area contributed by atoms with E-state index in [1.54, 1.807) is 0 Å². The van der Waals surface area contributed by atoms with Crippen LogP contribution in [0, 0.1) is 19.3 Å². The van der Waals surface area contributed by atoms with Gasteiger partial charge in [0.25, 0.3) is 0 Å². The second-order valence-electron chi connectivity index (χ2n) is 5.78. The molecule has 0 aliphatic carbocycles. The summed E-state index contributed by atoms with van der Waals surface area (Å²) in [7, 11) is 2.18. The van der Waals surface area contributed by atoms with Crippen LogP contribution in [0.1, 0.15) is 25.0 Å². The first kappa shape index (κ1) is 11.3. The largest absolute Gasteiger partial charge is 0.383 e. The van der Waals surface area contributed by atoms with Gasteiger partial charge in [0.1, 0.15) is 0 Å². The second-order valence-corrected chi connectivity index (χ2v) is 5.78. The Balaban J connectivity index is 2.49. The van der Waals surface area contributed by atoms with Gasteiger partial charge in [-0.2, -0.15) is 0 Å².